The summed E-state index contributed by atoms with van der Waals surface area (Å²) in [5, 5.41) is 3.95. The minimum absolute atomic E-state index is 0. The smallest absolute Gasteiger partial charge is 0.258 e. The molecule has 1 atom stereocenters. The Balaban J connectivity index is 0.00000225. The van der Waals surface area contributed by atoms with Crippen LogP contribution in [0.3, 0.4) is 0 Å². The first kappa shape index (κ1) is 19.8. The average Bonchev–Trinajstić information content (AvgIpc) is 2.60. The van der Waals surface area contributed by atoms with E-state index in [2.05, 4.69) is 15.3 Å². The third-order valence-electron chi connectivity index (χ3n) is 4.16. The summed E-state index contributed by atoms with van der Waals surface area (Å²) in [6.45, 7) is 3.82. The van der Waals surface area contributed by atoms with Crippen molar-refractivity contribution in [2.45, 2.75) is 25.9 Å². The zero-order chi connectivity index (χ0) is 16.9. The number of halogens is 1. The number of carbonyl (C=O) groups is 1. The average molecular weight is 383 g/mol. The van der Waals surface area contributed by atoms with Crippen LogP contribution in [0.5, 0.6) is 0 Å². The first-order valence-corrected chi connectivity index (χ1v) is 9.39. The first-order chi connectivity index (χ1) is 11.7. The summed E-state index contributed by atoms with van der Waals surface area (Å²) in [5.74, 6) is 2.69. The molecule has 136 valence electrons. The molecule has 0 saturated carbocycles. The molecule has 1 aromatic heterocycles. The van der Waals surface area contributed by atoms with E-state index in [-0.39, 0.29) is 29.9 Å². The van der Waals surface area contributed by atoms with Crippen molar-refractivity contribution >= 4 is 41.0 Å². The maximum absolute atomic E-state index is 12.6. The molecule has 1 saturated heterocycles. The molecule has 1 aliphatic heterocycles. The minimum Gasteiger partial charge on any atom is -0.335 e. The number of hydrogen-bond donors (Lipinski definition) is 2. The number of benzene rings is 1. The van der Waals surface area contributed by atoms with E-state index in [9.17, 15) is 9.59 Å². The number of rotatable bonds is 5. The third-order valence-corrected chi connectivity index (χ3v) is 5.29. The van der Waals surface area contributed by atoms with Crippen molar-refractivity contribution in [3.63, 3.8) is 0 Å². The zero-order valence-corrected chi connectivity index (χ0v) is 15.8. The molecule has 3 rings (SSSR count). The molecule has 2 aromatic rings. The van der Waals surface area contributed by atoms with Gasteiger partial charge in [0.1, 0.15) is 5.82 Å². The first-order valence-electron chi connectivity index (χ1n) is 8.24. The van der Waals surface area contributed by atoms with Gasteiger partial charge >= 0.3 is 0 Å². The highest BCUT2D eigenvalue weighted by Crippen LogP contribution is 2.13. The highest BCUT2D eigenvalue weighted by atomic mass is 35.5. The van der Waals surface area contributed by atoms with Crippen LogP contribution in [0, 0.1) is 0 Å². The van der Waals surface area contributed by atoms with E-state index in [1.54, 1.807) is 11.0 Å². The fourth-order valence-corrected chi connectivity index (χ4v) is 3.81. The van der Waals surface area contributed by atoms with Gasteiger partial charge in [0, 0.05) is 37.1 Å². The largest absolute Gasteiger partial charge is 0.335 e. The number of thioether (sulfide) groups is 1. The lowest BCUT2D eigenvalue weighted by atomic mass is 10.2. The van der Waals surface area contributed by atoms with E-state index < -0.39 is 0 Å². The van der Waals surface area contributed by atoms with E-state index in [1.165, 1.54) is 0 Å². The second-order valence-electron chi connectivity index (χ2n) is 5.87. The van der Waals surface area contributed by atoms with Crippen molar-refractivity contribution in [1.82, 2.24) is 20.2 Å². The van der Waals surface area contributed by atoms with Crippen LogP contribution in [0.1, 0.15) is 19.2 Å². The van der Waals surface area contributed by atoms with Gasteiger partial charge in [-0.2, -0.15) is 11.8 Å². The van der Waals surface area contributed by atoms with Crippen LogP contribution in [-0.2, 0) is 11.3 Å². The number of hydrogen-bond acceptors (Lipinski definition) is 5. The molecule has 2 N–H and O–H groups in total. The quantitative estimate of drug-likeness (QED) is 0.824. The van der Waals surface area contributed by atoms with Gasteiger partial charge in [0.25, 0.3) is 5.56 Å². The Kier molecular flexibility index (Phi) is 7.28. The molecule has 25 heavy (non-hydrogen) atoms. The summed E-state index contributed by atoms with van der Waals surface area (Å²) in [6.07, 6.45) is 0.485. The maximum Gasteiger partial charge on any atom is 0.258 e. The molecule has 8 heteroatoms. The number of nitrogens with one attached hydrogen (secondary N) is 2. The topological polar surface area (TPSA) is 78.1 Å². The maximum atomic E-state index is 12.6. The molecule has 6 nitrogen and oxygen atoms in total. The molecule has 1 unspecified atom stereocenters. The van der Waals surface area contributed by atoms with Crippen molar-refractivity contribution in [1.29, 1.82) is 0 Å². The number of fused-ring (bicyclic) bond motifs is 1. The Morgan fingerprint density at radius 2 is 2.20 bits per heavy atom. The van der Waals surface area contributed by atoms with Gasteiger partial charge < -0.3 is 15.2 Å². The summed E-state index contributed by atoms with van der Waals surface area (Å²) in [4.78, 5) is 33.7. The van der Waals surface area contributed by atoms with Gasteiger partial charge in [0.05, 0.1) is 17.4 Å². The number of para-hydroxylation sites is 1. The van der Waals surface area contributed by atoms with E-state index in [0.717, 1.165) is 18.1 Å². The molecule has 0 aliphatic carbocycles. The van der Waals surface area contributed by atoms with Gasteiger partial charge in [0.2, 0.25) is 5.91 Å². The van der Waals surface area contributed by atoms with Crippen LogP contribution in [0.25, 0.3) is 10.9 Å². The van der Waals surface area contributed by atoms with Crippen molar-refractivity contribution in [2.75, 3.05) is 24.6 Å². The Morgan fingerprint density at radius 3 is 2.92 bits per heavy atom. The molecular weight excluding hydrogens is 360 g/mol. The second kappa shape index (κ2) is 9.22. The summed E-state index contributed by atoms with van der Waals surface area (Å²) in [5.41, 5.74) is 0.495. The Labute approximate surface area is 157 Å². The summed E-state index contributed by atoms with van der Waals surface area (Å²) in [7, 11) is 0. The van der Waals surface area contributed by atoms with Gasteiger partial charge in [0.15, 0.2) is 0 Å². The van der Waals surface area contributed by atoms with Gasteiger partial charge in [-0.05, 0) is 19.1 Å². The van der Waals surface area contributed by atoms with E-state index in [4.69, 9.17) is 0 Å². The molecule has 2 heterocycles. The van der Waals surface area contributed by atoms with Crippen molar-refractivity contribution < 1.29 is 4.79 Å². The van der Waals surface area contributed by atoms with E-state index in [0.29, 0.717) is 36.2 Å². The minimum atomic E-state index is -0.163. The molecule has 0 radical (unpaired) electrons. The Bertz CT molecular complexity index is 777. The normalized spacial score (nSPS) is 17.1. The van der Waals surface area contributed by atoms with Crippen molar-refractivity contribution in [3.05, 3.63) is 40.4 Å². The summed E-state index contributed by atoms with van der Waals surface area (Å²) in [6, 6.07) is 7.47. The Morgan fingerprint density at radius 1 is 1.40 bits per heavy atom. The molecular formula is C17H23ClN4O2S. The third kappa shape index (κ3) is 4.96. The number of nitrogens with zero attached hydrogens (tertiary/aromatic N) is 2. The van der Waals surface area contributed by atoms with E-state index >= 15 is 0 Å². The van der Waals surface area contributed by atoms with Crippen molar-refractivity contribution in [3.8, 4) is 0 Å². The van der Waals surface area contributed by atoms with Crippen LogP contribution >= 0.6 is 24.2 Å². The Hall–Kier alpha value is -1.57. The van der Waals surface area contributed by atoms with Gasteiger partial charge in [-0.3, -0.25) is 9.59 Å². The van der Waals surface area contributed by atoms with Gasteiger partial charge in [-0.1, -0.05) is 12.1 Å². The summed E-state index contributed by atoms with van der Waals surface area (Å²) < 4.78 is 0. The van der Waals surface area contributed by atoms with E-state index in [1.807, 2.05) is 36.9 Å². The van der Waals surface area contributed by atoms with Gasteiger partial charge in [-0.15, -0.1) is 12.4 Å². The van der Waals surface area contributed by atoms with Crippen LogP contribution in [0.4, 0.5) is 0 Å². The number of H-pyrrole nitrogens is 1. The number of aromatic amines is 1. The lowest BCUT2D eigenvalue weighted by Crippen LogP contribution is -2.42. The molecule has 1 aliphatic rings. The van der Waals surface area contributed by atoms with Crippen molar-refractivity contribution in [2.24, 2.45) is 0 Å². The van der Waals surface area contributed by atoms with Crippen LogP contribution in [-0.4, -0.2) is 51.4 Å². The fourth-order valence-electron chi connectivity index (χ4n) is 2.86. The highest BCUT2D eigenvalue weighted by Gasteiger charge is 2.21. The molecule has 1 aromatic carbocycles. The lowest BCUT2D eigenvalue weighted by molar-refractivity contribution is -0.132. The summed E-state index contributed by atoms with van der Waals surface area (Å²) >= 11 is 1.88. The molecule has 1 fully saturated rings. The molecule has 0 spiro atoms. The highest BCUT2D eigenvalue weighted by molar-refractivity contribution is 7.99. The number of amides is 1. The number of carbonyl (C=O) groups excluding carboxylic acids is 1. The standard InChI is InChI=1S/C17H22N4O2S.ClH/c1-2-21(16(22)9-12-11-24-8-7-18-12)10-15-19-14-6-4-3-5-13(14)17(23)20-15;/h3-6,12,18H,2,7-11H2,1H3,(H,19,20,23);1H. The zero-order valence-electron chi connectivity index (χ0n) is 14.2. The van der Waals surface area contributed by atoms with Crippen LogP contribution < -0.4 is 10.9 Å². The lowest BCUT2D eigenvalue weighted by Gasteiger charge is -2.26. The second-order valence-corrected chi connectivity index (χ2v) is 7.02. The monoisotopic (exact) mass is 382 g/mol. The molecule has 1 amide bonds. The number of aromatic nitrogens is 2. The fraction of sp³-hybridized carbons (Fsp3) is 0.471. The van der Waals surface area contributed by atoms with Gasteiger partial charge in [-0.25, -0.2) is 4.98 Å². The van der Waals surface area contributed by atoms with Crippen LogP contribution in [0.2, 0.25) is 0 Å². The van der Waals surface area contributed by atoms with Crippen LogP contribution in [0.15, 0.2) is 29.1 Å². The molecule has 0 bridgehead atoms. The predicted octanol–water partition coefficient (Wildman–Crippen LogP) is 1.79. The SMILES string of the molecule is CCN(Cc1nc2ccccc2c(=O)[nH]1)C(=O)CC1CSCCN1.Cl. The predicted molar refractivity (Wildman–Crippen MR) is 104 cm³/mol.